The predicted octanol–water partition coefficient (Wildman–Crippen LogP) is 3.40. The molecule has 10 heteroatoms. The number of amides is 2. The molecule has 0 radical (unpaired) electrons. The number of thioether (sulfide) groups is 1. The van der Waals surface area contributed by atoms with E-state index < -0.39 is 0 Å². The summed E-state index contributed by atoms with van der Waals surface area (Å²) in [5.41, 5.74) is 2.20. The van der Waals surface area contributed by atoms with Crippen molar-refractivity contribution in [3.05, 3.63) is 29.8 Å². The Kier molecular flexibility index (Phi) is 8.31. The van der Waals surface area contributed by atoms with Gasteiger partial charge in [0.1, 0.15) is 0 Å². The van der Waals surface area contributed by atoms with Crippen LogP contribution in [0.15, 0.2) is 29.4 Å². The van der Waals surface area contributed by atoms with Crippen molar-refractivity contribution < 1.29 is 14.3 Å². The van der Waals surface area contributed by atoms with E-state index in [-0.39, 0.29) is 23.8 Å². The van der Waals surface area contributed by atoms with Crippen molar-refractivity contribution in [3.8, 4) is 5.69 Å². The first-order chi connectivity index (χ1) is 16.5. The summed E-state index contributed by atoms with van der Waals surface area (Å²) in [4.78, 5) is 28.6. The number of nitrogens with one attached hydrogen (secondary N) is 1. The van der Waals surface area contributed by atoms with Crippen molar-refractivity contribution in [2.24, 2.45) is 0 Å². The molecule has 0 bridgehead atoms. The lowest BCUT2D eigenvalue weighted by molar-refractivity contribution is -0.119. The van der Waals surface area contributed by atoms with Gasteiger partial charge in [-0.05, 0) is 58.1 Å². The average molecular weight is 487 g/mol. The molecule has 2 aliphatic rings. The van der Waals surface area contributed by atoms with Gasteiger partial charge in [-0.1, -0.05) is 29.5 Å². The minimum Gasteiger partial charge on any atom is -0.450 e. The van der Waals surface area contributed by atoms with Gasteiger partial charge in [-0.15, -0.1) is 10.2 Å². The zero-order valence-electron chi connectivity index (χ0n) is 20.0. The average Bonchev–Trinajstić information content (AvgIpc) is 3.28. The van der Waals surface area contributed by atoms with Crippen LogP contribution in [0.1, 0.15) is 44.6 Å². The van der Waals surface area contributed by atoms with Crippen molar-refractivity contribution in [2.45, 2.75) is 57.1 Å². The highest BCUT2D eigenvalue weighted by molar-refractivity contribution is 7.99. The largest absolute Gasteiger partial charge is 0.450 e. The third-order valence-electron chi connectivity index (χ3n) is 6.27. The first-order valence-electron chi connectivity index (χ1n) is 12.2. The second-order valence-corrected chi connectivity index (χ2v) is 9.76. The van der Waals surface area contributed by atoms with E-state index in [1.165, 1.54) is 23.7 Å². The van der Waals surface area contributed by atoms with Gasteiger partial charge in [0.15, 0.2) is 5.16 Å². The molecule has 2 saturated heterocycles. The first kappa shape index (κ1) is 24.4. The monoisotopic (exact) mass is 486 g/mol. The molecule has 3 heterocycles. The summed E-state index contributed by atoms with van der Waals surface area (Å²) in [5, 5.41) is 12.8. The summed E-state index contributed by atoms with van der Waals surface area (Å²) in [5.74, 6) is 1.08. The van der Waals surface area contributed by atoms with Gasteiger partial charge in [0.05, 0.1) is 18.0 Å². The number of carbonyl (C=O) groups is 2. The van der Waals surface area contributed by atoms with Gasteiger partial charge in [-0.2, -0.15) is 0 Å². The molecule has 34 heavy (non-hydrogen) atoms. The summed E-state index contributed by atoms with van der Waals surface area (Å²) in [6.45, 7) is 7.38. The lowest BCUT2D eigenvalue weighted by Gasteiger charge is -2.31. The van der Waals surface area contributed by atoms with Gasteiger partial charge in [-0.25, -0.2) is 4.79 Å². The van der Waals surface area contributed by atoms with E-state index in [1.54, 1.807) is 11.8 Å². The topological polar surface area (TPSA) is 92.6 Å². The zero-order chi connectivity index (χ0) is 23.9. The number of benzene rings is 1. The van der Waals surface area contributed by atoms with E-state index >= 15 is 0 Å². The maximum absolute atomic E-state index is 12.7. The molecule has 2 aliphatic heterocycles. The van der Waals surface area contributed by atoms with Crippen LogP contribution in [0.5, 0.6) is 0 Å². The highest BCUT2D eigenvalue weighted by atomic mass is 32.2. The number of piperidine rings is 2. The van der Waals surface area contributed by atoms with Crippen LogP contribution < -0.4 is 10.2 Å². The minimum atomic E-state index is -0.275. The number of ether oxygens (including phenoxy) is 1. The fourth-order valence-corrected chi connectivity index (χ4v) is 5.15. The number of carbonyl (C=O) groups excluding carboxylic acids is 2. The van der Waals surface area contributed by atoms with E-state index in [0.717, 1.165) is 55.6 Å². The summed E-state index contributed by atoms with van der Waals surface area (Å²) in [7, 11) is 0. The predicted molar refractivity (Wildman–Crippen MR) is 133 cm³/mol. The molecule has 1 N–H and O–H groups in total. The van der Waals surface area contributed by atoms with Crippen molar-refractivity contribution in [1.82, 2.24) is 25.0 Å². The summed E-state index contributed by atoms with van der Waals surface area (Å²) >= 11 is 1.41. The van der Waals surface area contributed by atoms with Crippen molar-refractivity contribution in [3.63, 3.8) is 0 Å². The number of rotatable bonds is 7. The van der Waals surface area contributed by atoms with Crippen molar-refractivity contribution >= 4 is 29.7 Å². The van der Waals surface area contributed by atoms with Gasteiger partial charge < -0.3 is 19.9 Å². The summed E-state index contributed by atoms with van der Waals surface area (Å²) < 4.78 is 7.13. The number of nitrogens with zero attached hydrogens (tertiary/aromatic N) is 5. The maximum atomic E-state index is 12.7. The lowest BCUT2D eigenvalue weighted by Crippen LogP contribution is -2.47. The standard InChI is InChI=1S/C24H34N6O3S/c1-3-33-24(32)29-15-11-19(12-16-29)25-21(31)17-34-23-27-26-22(28-13-5-4-6-14-28)30(23)20-9-7-18(2)8-10-20/h7-10,19H,3-6,11-17H2,1-2H3,(H,25,31). The van der Waals surface area contributed by atoms with Crippen LogP contribution in [0.25, 0.3) is 5.69 Å². The van der Waals surface area contributed by atoms with Crippen LogP contribution >= 0.6 is 11.8 Å². The Morgan fingerprint density at radius 2 is 1.76 bits per heavy atom. The second-order valence-electron chi connectivity index (χ2n) is 8.82. The van der Waals surface area contributed by atoms with Crippen LogP contribution in [-0.2, 0) is 9.53 Å². The molecule has 0 spiro atoms. The first-order valence-corrected chi connectivity index (χ1v) is 13.1. The molecule has 184 valence electrons. The van der Waals surface area contributed by atoms with E-state index in [1.807, 2.05) is 0 Å². The molecule has 0 atom stereocenters. The lowest BCUT2D eigenvalue weighted by atomic mass is 10.1. The molecule has 2 aromatic rings. The fraction of sp³-hybridized carbons (Fsp3) is 0.583. The van der Waals surface area contributed by atoms with Gasteiger partial charge in [0.2, 0.25) is 11.9 Å². The van der Waals surface area contributed by atoms with Gasteiger partial charge in [0, 0.05) is 32.2 Å². The van der Waals surface area contributed by atoms with Crippen molar-refractivity contribution in [2.75, 3.05) is 43.4 Å². The number of hydrogen-bond acceptors (Lipinski definition) is 7. The van der Waals surface area contributed by atoms with E-state index in [2.05, 4.69) is 56.2 Å². The van der Waals surface area contributed by atoms with Crippen LogP contribution in [-0.4, -0.2) is 76.2 Å². The number of hydrogen-bond donors (Lipinski definition) is 1. The molecule has 1 aromatic heterocycles. The number of aromatic nitrogens is 3. The quantitative estimate of drug-likeness (QED) is 0.600. The number of anilines is 1. The molecule has 0 aliphatic carbocycles. The van der Waals surface area contributed by atoms with Crippen LogP contribution in [0.2, 0.25) is 0 Å². The second kappa shape index (κ2) is 11.6. The Labute approximate surface area is 205 Å². The Balaban J connectivity index is 1.38. The fourth-order valence-electron chi connectivity index (χ4n) is 4.39. The van der Waals surface area contributed by atoms with Crippen LogP contribution in [0.3, 0.4) is 0 Å². The molecule has 1 aromatic carbocycles. The van der Waals surface area contributed by atoms with E-state index in [0.29, 0.717) is 19.7 Å². The third-order valence-corrected chi connectivity index (χ3v) is 7.19. The highest BCUT2D eigenvalue weighted by Gasteiger charge is 2.25. The summed E-state index contributed by atoms with van der Waals surface area (Å²) in [6, 6.07) is 8.39. The molecular weight excluding hydrogens is 452 g/mol. The Morgan fingerprint density at radius 1 is 1.06 bits per heavy atom. The SMILES string of the molecule is CCOC(=O)N1CCC(NC(=O)CSc2nnc(N3CCCCC3)n2-c2ccc(C)cc2)CC1. The molecule has 2 fully saturated rings. The molecule has 0 saturated carbocycles. The van der Waals surface area contributed by atoms with E-state index in [4.69, 9.17) is 4.74 Å². The summed E-state index contributed by atoms with van der Waals surface area (Å²) in [6.07, 6.45) is 4.74. The smallest absolute Gasteiger partial charge is 0.409 e. The zero-order valence-corrected chi connectivity index (χ0v) is 20.9. The number of aryl methyl sites for hydroxylation is 1. The third kappa shape index (κ3) is 6.02. The Bertz CT molecular complexity index is 966. The Morgan fingerprint density at radius 3 is 2.44 bits per heavy atom. The number of likely N-dealkylation sites (tertiary alicyclic amines) is 1. The van der Waals surface area contributed by atoms with E-state index in [9.17, 15) is 9.59 Å². The normalized spacial score (nSPS) is 17.0. The van der Waals surface area contributed by atoms with Crippen LogP contribution in [0, 0.1) is 6.92 Å². The molecule has 2 amide bonds. The Hall–Kier alpha value is -2.75. The van der Waals surface area contributed by atoms with Gasteiger partial charge >= 0.3 is 6.09 Å². The van der Waals surface area contributed by atoms with Gasteiger partial charge in [-0.3, -0.25) is 9.36 Å². The molecular formula is C24H34N6O3S. The van der Waals surface area contributed by atoms with Crippen molar-refractivity contribution in [1.29, 1.82) is 0 Å². The minimum absolute atomic E-state index is 0.0300. The highest BCUT2D eigenvalue weighted by Crippen LogP contribution is 2.28. The van der Waals surface area contributed by atoms with Gasteiger partial charge in [0.25, 0.3) is 0 Å². The van der Waals surface area contributed by atoms with Crippen LogP contribution in [0.4, 0.5) is 10.7 Å². The molecule has 0 unspecified atom stereocenters. The maximum Gasteiger partial charge on any atom is 0.409 e. The molecule has 4 rings (SSSR count). The molecule has 9 nitrogen and oxygen atoms in total.